The number of ether oxygens (including phenoxy) is 2. The third kappa shape index (κ3) is 6.38. The zero-order valence-corrected chi connectivity index (χ0v) is 23.7. The fourth-order valence-electron chi connectivity index (χ4n) is 4.89. The Balaban J connectivity index is 2.11. The minimum atomic E-state index is -0.742. The summed E-state index contributed by atoms with van der Waals surface area (Å²) in [5.41, 5.74) is 3.13. The van der Waals surface area contributed by atoms with Gasteiger partial charge in [0, 0.05) is 18.7 Å². The van der Waals surface area contributed by atoms with Crippen LogP contribution in [0.4, 0.5) is 0 Å². The first-order valence-corrected chi connectivity index (χ1v) is 13.7. The second-order valence-corrected chi connectivity index (χ2v) is 9.80. The number of methoxy groups -OCH3 is 1. The van der Waals surface area contributed by atoms with E-state index in [9.17, 15) is 14.7 Å². The summed E-state index contributed by atoms with van der Waals surface area (Å²) in [6, 6.07) is 10.5. The molecule has 1 aliphatic rings. The zero-order chi connectivity index (χ0) is 27.8. The predicted octanol–water partition coefficient (Wildman–Crippen LogP) is 5.64. The van der Waals surface area contributed by atoms with E-state index in [1.165, 1.54) is 0 Å². The number of likely N-dealkylation sites (N-methyl/N-ethyl adjacent to an activating group) is 1. The van der Waals surface area contributed by atoms with E-state index in [2.05, 4.69) is 25.7 Å². The van der Waals surface area contributed by atoms with Crippen molar-refractivity contribution < 1.29 is 24.2 Å². The fourth-order valence-corrected chi connectivity index (χ4v) is 4.89. The summed E-state index contributed by atoms with van der Waals surface area (Å²) in [7, 11) is 1.57. The van der Waals surface area contributed by atoms with Crippen molar-refractivity contribution in [3.8, 4) is 11.5 Å². The molecule has 3 rings (SSSR count). The summed E-state index contributed by atoms with van der Waals surface area (Å²) >= 11 is 0. The standard InChI is InChI=1S/C31H42N2O5/c1-7-10-11-18-38-25-15-14-23(20-26(25)37-6)28-27(29(34)24-19-21(4)12-13-22(24)5)30(35)31(36)33(28)17-16-32(8-2)9-3/h12-15,19-20,28,34H,7-11,16-18H2,1-6H3/b29-27+. The normalized spacial score (nSPS) is 16.9. The number of Topliss-reactive ketones (excluding diaryl/α,β-unsaturated/α-hetero) is 1. The number of carbonyl (C=O) groups excluding carboxylic acids is 2. The van der Waals surface area contributed by atoms with Gasteiger partial charge < -0.3 is 24.4 Å². The number of rotatable bonds is 13. The first-order valence-electron chi connectivity index (χ1n) is 13.7. The van der Waals surface area contributed by atoms with E-state index in [1.807, 2.05) is 50.2 Å². The Hall–Kier alpha value is -3.32. The lowest BCUT2D eigenvalue weighted by atomic mass is 9.93. The molecule has 7 heteroatoms. The minimum Gasteiger partial charge on any atom is -0.507 e. The highest BCUT2D eigenvalue weighted by Crippen LogP contribution is 2.42. The van der Waals surface area contributed by atoms with Crippen LogP contribution in [0.2, 0.25) is 0 Å². The smallest absolute Gasteiger partial charge is 0.295 e. The topological polar surface area (TPSA) is 79.3 Å². The van der Waals surface area contributed by atoms with Gasteiger partial charge in [0.1, 0.15) is 5.76 Å². The van der Waals surface area contributed by atoms with E-state index in [0.29, 0.717) is 42.3 Å². The summed E-state index contributed by atoms with van der Waals surface area (Å²) in [6.45, 7) is 13.3. The fraction of sp³-hybridized carbons (Fsp3) is 0.484. The molecule has 0 aliphatic carbocycles. The highest BCUT2D eigenvalue weighted by atomic mass is 16.5. The number of benzene rings is 2. The van der Waals surface area contributed by atoms with Gasteiger partial charge in [0.25, 0.3) is 11.7 Å². The highest BCUT2D eigenvalue weighted by molar-refractivity contribution is 6.46. The monoisotopic (exact) mass is 522 g/mol. The van der Waals surface area contributed by atoms with Crippen molar-refractivity contribution in [1.29, 1.82) is 0 Å². The average Bonchev–Trinajstić information content (AvgIpc) is 3.17. The van der Waals surface area contributed by atoms with Crippen molar-refractivity contribution in [3.05, 3.63) is 64.2 Å². The lowest BCUT2D eigenvalue weighted by Crippen LogP contribution is -2.38. The molecule has 0 saturated carbocycles. The van der Waals surface area contributed by atoms with Crippen LogP contribution in [-0.4, -0.2) is 66.5 Å². The number of amides is 1. The molecule has 1 atom stereocenters. The first-order chi connectivity index (χ1) is 18.3. The molecule has 0 bridgehead atoms. The van der Waals surface area contributed by atoms with E-state index >= 15 is 0 Å². The lowest BCUT2D eigenvalue weighted by Gasteiger charge is -2.28. The van der Waals surface area contributed by atoms with Crippen molar-refractivity contribution in [3.63, 3.8) is 0 Å². The molecule has 2 aromatic carbocycles. The van der Waals surface area contributed by atoms with Crippen LogP contribution < -0.4 is 9.47 Å². The van der Waals surface area contributed by atoms with E-state index in [1.54, 1.807) is 12.0 Å². The number of aliphatic hydroxyl groups is 1. The minimum absolute atomic E-state index is 0.0990. The van der Waals surface area contributed by atoms with Crippen LogP contribution in [0.15, 0.2) is 42.0 Å². The molecular weight excluding hydrogens is 480 g/mol. The second-order valence-electron chi connectivity index (χ2n) is 9.80. The zero-order valence-electron chi connectivity index (χ0n) is 23.7. The molecule has 1 N–H and O–H groups in total. The van der Waals surface area contributed by atoms with Crippen molar-refractivity contribution >= 4 is 17.4 Å². The number of hydrogen-bond acceptors (Lipinski definition) is 6. The van der Waals surface area contributed by atoms with Crippen LogP contribution in [0.25, 0.3) is 5.76 Å². The summed E-state index contributed by atoms with van der Waals surface area (Å²) in [5, 5.41) is 11.5. The van der Waals surface area contributed by atoms with Gasteiger partial charge in [-0.05, 0) is 62.7 Å². The maximum atomic E-state index is 13.4. The van der Waals surface area contributed by atoms with Gasteiger partial charge in [-0.2, -0.15) is 0 Å². The Morgan fingerprint density at radius 3 is 2.39 bits per heavy atom. The number of hydrogen-bond donors (Lipinski definition) is 1. The summed E-state index contributed by atoms with van der Waals surface area (Å²) in [4.78, 5) is 30.6. The number of aryl methyl sites for hydroxylation is 2. The van der Waals surface area contributed by atoms with Gasteiger partial charge >= 0.3 is 0 Å². The molecule has 0 spiro atoms. The summed E-state index contributed by atoms with van der Waals surface area (Å²) in [5.74, 6) is -0.291. The van der Waals surface area contributed by atoms with Gasteiger partial charge in [-0.15, -0.1) is 0 Å². The third-order valence-corrected chi connectivity index (χ3v) is 7.25. The number of unbranched alkanes of at least 4 members (excludes halogenated alkanes) is 2. The molecule has 1 unspecified atom stereocenters. The number of carbonyl (C=O) groups is 2. The van der Waals surface area contributed by atoms with Gasteiger partial charge in [0.15, 0.2) is 11.5 Å². The van der Waals surface area contributed by atoms with Crippen LogP contribution >= 0.6 is 0 Å². The molecule has 7 nitrogen and oxygen atoms in total. The Morgan fingerprint density at radius 2 is 1.74 bits per heavy atom. The van der Waals surface area contributed by atoms with E-state index in [-0.39, 0.29) is 11.3 Å². The molecule has 38 heavy (non-hydrogen) atoms. The largest absolute Gasteiger partial charge is 0.507 e. The van der Waals surface area contributed by atoms with Gasteiger partial charge in [0.05, 0.1) is 25.3 Å². The van der Waals surface area contributed by atoms with E-state index in [4.69, 9.17) is 9.47 Å². The molecule has 1 fully saturated rings. The predicted molar refractivity (Wildman–Crippen MR) is 151 cm³/mol. The maximum absolute atomic E-state index is 13.4. The first kappa shape index (κ1) is 29.2. The van der Waals surface area contributed by atoms with Crippen molar-refractivity contribution in [1.82, 2.24) is 9.80 Å². The SMILES string of the molecule is CCCCCOc1ccc(C2/C(=C(\O)c3cc(C)ccc3C)C(=O)C(=O)N2CCN(CC)CC)cc1OC. The van der Waals surface area contributed by atoms with E-state index in [0.717, 1.165) is 43.5 Å². The van der Waals surface area contributed by atoms with Crippen molar-refractivity contribution in [2.24, 2.45) is 0 Å². The quantitative estimate of drug-likeness (QED) is 0.159. The Bertz CT molecular complexity index is 1170. The molecule has 1 aliphatic heterocycles. The molecule has 206 valence electrons. The van der Waals surface area contributed by atoms with Gasteiger partial charge in [-0.3, -0.25) is 9.59 Å². The van der Waals surface area contributed by atoms with Crippen LogP contribution in [0.5, 0.6) is 11.5 Å². The van der Waals surface area contributed by atoms with Crippen LogP contribution in [-0.2, 0) is 9.59 Å². The third-order valence-electron chi connectivity index (χ3n) is 7.25. The molecule has 1 heterocycles. The van der Waals surface area contributed by atoms with Gasteiger partial charge in [-0.1, -0.05) is 57.4 Å². The number of aliphatic hydroxyl groups excluding tert-OH is 1. The molecule has 0 aromatic heterocycles. The Labute approximate surface area is 227 Å². The molecular formula is C31H42N2O5. The van der Waals surface area contributed by atoms with Crippen molar-refractivity contribution in [2.75, 3.05) is 39.9 Å². The van der Waals surface area contributed by atoms with E-state index < -0.39 is 17.7 Å². The number of ketones is 1. The number of nitrogens with zero attached hydrogens (tertiary/aromatic N) is 2. The molecule has 0 radical (unpaired) electrons. The van der Waals surface area contributed by atoms with Crippen LogP contribution in [0, 0.1) is 13.8 Å². The van der Waals surface area contributed by atoms with Gasteiger partial charge in [-0.25, -0.2) is 0 Å². The number of likely N-dealkylation sites (tertiary alicyclic amines) is 1. The summed E-state index contributed by atoms with van der Waals surface area (Å²) in [6.07, 6.45) is 3.13. The molecule has 2 aromatic rings. The van der Waals surface area contributed by atoms with Gasteiger partial charge in [0.2, 0.25) is 0 Å². The van der Waals surface area contributed by atoms with Crippen LogP contribution in [0.3, 0.4) is 0 Å². The Morgan fingerprint density at radius 1 is 1.00 bits per heavy atom. The molecule has 1 amide bonds. The second kappa shape index (κ2) is 13.5. The Kier molecular flexibility index (Phi) is 10.4. The van der Waals surface area contributed by atoms with Crippen molar-refractivity contribution in [2.45, 2.75) is 59.9 Å². The average molecular weight is 523 g/mol. The maximum Gasteiger partial charge on any atom is 0.295 e. The highest BCUT2D eigenvalue weighted by Gasteiger charge is 2.46. The van der Waals surface area contributed by atoms with Crippen LogP contribution in [0.1, 0.15) is 68.3 Å². The lowest BCUT2D eigenvalue weighted by molar-refractivity contribution is -0.140. The summed E-state index contributed by atoms with van der Waals surface area (Å²) < 4.78 is 11.6. The molecule has 1 saturated heterocycles.